The van der Waals surface area contributed by atoms with Crippen molar-refractivity contribution in [1.29, 1.82) is 0 Å². The Morgan fingerprint density at radius 1 is 1.35 bits per heavy atom. The number of rotatable bonds is 9. The fourth-order valence-electron chi connectivity index (χ4n) is 3.09. The highest BCUT2D eigenvalue weighted by Crippen LogP contribution is 2.42. The monoisotopic (exact) mass is 395 g/mol. The van der Waals surface area contributed by atoms with Crippen molar-refractivity contribution in [3.8, 4) is 0 Å². The lowest BCUT2D eigenvalue weighted by molar-refractivity contribution is -0.0542. The van der Waals surface area contributed by atoms with Gasteiger partial charge in [0.15, 0.2) is 5.16 Å². The molecule has 2 aromatic heterocycles. The molecule has 1 aliphatic heterocycles. The maximum atomic E-state index is 6.14. The third-order valence-corrected chi connectivity index (χ3v) is 6.97. The van der Waals surface area contributed by atoms with E-state index in [4.69, 9.17) is 19.4 Å². The molecule has 0 saturated heterocycles. The van der Waals surface area contributed by atoms with Gasteiger partial charge < -0.3 is 14.8 Å². The van der Waals surface area contributed by atoms with Crippen LogP contribution in [-0.4, -0.2) is 41.6 Å². The van der Waals surface area contributed by atoms with Gasteiger partial charge in [0.25, 0.3) is 0 Å². The van der Waals surface area contributed by atoms with E-state index in [1.54, 1.807) is 30.2 Å². The first kappa shape index (κ1) is 19.9. The van der Waals surface area contributed by atoms with Crippen LogP contribution in [-0.2, 0) is 22.5 Å². The molecular weight excluding hydrogens is 366 g/mol. The van der Waals surface area contributed by atoms with E-state index in [-0.39, 0.29) is 5.60 Å². The van der Waals surface area contributed by atoms with Crippen molar-refractivity contribution in [3.05, 3.63) is 10.4 Å². The van der Waals surface area contributed by atoms with Crippen LogP contribution in [0, 0.1) is 0 Å². The van der Waals surface area contributed by atoms with Gasteiger partial charge in [-0.25, -0.2) is 9.97 Å². The Bertz CT molecular complexity index is 750. The highest BCUT2D eigenvalue weighted by atomic mass is 32.2. The number of thiophene rings is 1. The fraction of sp³-hybridized carbons (Fsp3) is 0.684. The predicted molar refractivity (Wildman–Crippen MR) is 111 cm³/mol. The molecule has 0 spiro atoms. The average molecular weight is 396 g/mol. The Morgan fingerprint density at radius 3 is 2.92 bits per heavy atom. The summed E-state index contributed by atoms with van der Waals surface area (Å²) in [6, 6.07) is 0. The number of hydrogen-bond donors (Lipinski definition) is 1. The first-order chi connectivity index (χ1) is 12.6. The average Bonchev–Trinajstić information content (AvgIpc) is 3.01. The van der Waals surface area contributed by atoms with Crippen LogP contribution in [0.5, 0.6) is 0 Å². The summed E-state index contributed by atoms with van der Waals surface area (Å²) in [5, 5.41) is 5.61. The van der Waals surface area contributed by atoms with Gasteiger partial charge in [-0.2, -0.15) is 0 Å². The van der Waals surface area contributed by atoms with Gasteiger partial charge in [-0.3, -0.25) is 0 Å². The fourth-order valence-corrected chi connectivity index (χ4v) is 4.95. The minimum Gasteiger partial charge on any atom is -0.385 e. The number of methoxy groups -OCH3 is 1. The van der Waals surface area contributed by atoms with Crippen molar-refractivity contribution < 1.29 is 9.47 Å². The molecule has 0 saturated carbocycles. The molecular formula is C19H29N3O2S2. The third-order valence-electron chi connectivity index (χ3n) is 4.82. The van der Waals surface area contributed by atoms with Gasteiger partial charge in [-0.15, -0.1) is 11.3 Å². The molecule has 1 N–H and O–H groups in total. The van der Waals surface area contributed by atoms with Gasteiger partial charge in [0.2, 0.25) is 0 Å². The van der Waals surface area contributed by atoms with E-state index in [9.17, 15) is 0 Å². The summed E-state index contributed by atoms with van der Waals surface area (Å²) in [6.45, 7) is 8.87. The smallest absolute Gasteiger partial charge is 0.190 e. The molecule has 7 heteroatoms. The van der Waals surface area contributed by atoms with Gasteiger partial charge in [-0.1, -0.05) is 25.6 Å². The Hall–Kier alpha value is -0.890. The van der Waals surface area contributed by atoms with Crippen molar-refractivity contribution in [2.24, 2.45) is 0 Å². The lowest BCUT2D eigenvalue weighted by Gasteiger charge is -2.33. The lowest BCUT2D eigenvalue weighted by Crippen LogP contribution is -2.34. The van der Waals surface area contributed by atoms with E-state index in [0.29, 0.717) is 6.61 Å². The van der Waals surface area contributed by atoms with Crippen LogP contribution in [0.4, 0.5) is 5.82 Å². The molecule has 1 aliphatic rings. The van der Waals surface area contributed by atoms with Gasteiger partial charge in [0, 0.05) is 37.3 Å². The second-order valence-corrected chi connectivity index (χ2v) is 9.07. The van der Waals surface area contributed by atoms with Crippen LogP contribution in [0.25, 0.3) is 10.2 Å². The molecule has 3 rings (SSSR count). The predicted octanol–water partition coefficient (Wildman–Crippen LogP) is 4.88. The summed E-state index contributed by atoms with van der Waals surface area (Å²) in [7, 11) is 1.74. The maximum absolute atomic E-state index is 6.14. The molecule has 5 nitrogen and oxygen atoms in total. The van der Waals surface area contributed by atoms with Crippen LogP contribution >= 0.6 is 23.1 Å². The number of thioether (sulfide) groups is 1. The topological polar surface area (TPSA) is 56.3 Å². The van der Waals surface area contributed by atoms with Crippen LogP contribution in [0.15, 0.2) is 5.16 Å². The Balaban J connectivity index is 1.97. The van der Waals surface area contributed by atoms with E-state index in [1.165, 1.54) is 15.8 Å². The minimum atomic E-state index is -0.0933. The van der Waals surface area contributed by atoms with Crippen molar-refractivity contribution in [2.75, 3.05) is 31.3 Å². The van der Waals surface area contributed by atoms with Crippen molar-refractivity contribution in [3.63, 3.8) is 0 Å². The summed E-state index contributed by atoms with van der Waals surface area (Å²) < 4.78 is 11.3. The Kier molecular flexibility index (Phi) is 6.77. The molecule has 0 amide bonds. The zero-order valence-corrected chi connectivity index (χ0v) is 17.8. The Labute approximate surface area is 164 Å². The molecule has 1 atom stereocenters. The standard InChI is InChI=1S/C19H29N3O2S2/c1-5-10-25-18-21-16(20-8-7-9-23-4)15-13-11-19(3,6-2)24-12-14(13)26-17(15)22-18/h5-12H2,1-4H3,(H,20,21,22)/t19-/m1/s1. The van der Waals surface area contributed by atoms with Crippen molar-refractivity contribution in [1.82, 2.24) is 9.97 Å². The summed E-state index contributed by atoms with van der Waals surface area (Å²) in [6.07, 6.45) is 4.01. The van der Waals surface area contributed by atoms with Gasteiger partial charge in [-0.05, 0) is 31.7 Å². The lowest BCUT2D eigenvalue weighted by atomic mass is 9.90. The van der Waals surface area contributed by atoms with E-state index in [1.807, 2.05) is 0 Å². The normalized spacial score (nSPS) is 19.7. The van der Waals surface area contributed by atoms with E-state index in [0.717, 1.165) is 60.4 Å². The molecule has 26 heavy (non-hydrogen) atoms. The molecule has 0 fully saturated rings. The summed E-state index contributed by atoms with van der Waals surface area (Å²) >= 11 is 3.49. The van der Waals surface area contributed by atoms with Crippen LogP contribution in [0.3, 0.4) is 0 Å². The first-order valence-electron chi connectivity index (χ1n) is 9.42. The van der Waals surface area contributed by atoms with Crippen LogP contribution in [0.2, 0.25) is 0 Å². The highest BCUT2D eigenvalue weighted by Gasteiger charge is 2.33. The van der Waals surface area contributed by atoms with Gasteiger partial charge in [0.05, 0.1) is 17.6 Å². The number of aromatic nitrogens is 2. The molecule has 0 bridgehead atoms. The van der Waals surface area contributed by atoms with E-state index in [2.05, 4.69) is 26.1 Å². The number of nitrogens with zero attached hydrogens (tertiary/aromatic N) is 2. The molecule has 0 aliphatic carbocycles. The molecule has 144 valence electrons. The molecule has 3 heterocycles. The second kappa shape index (κ2) is 8.87. The number of nitrogens with one attached hydrogen (secondary N) is 1. The van der Waals surface area contributed by atoms with Gasteiger partial charge in [0.1, 0.15) is 10.6 Å². The summed E-state index contributed by atoms with van der Waals surface area (Å²) in [5.41, 5.74) is 1.28. The summed E-state index contributed by atoms with van der Waals surface area (Å²) in [4.78, 5) is 12.1. The molecule has 2 aromatic rings. The molecule has 0 radical (unpaired) electrons. The number of anilines is 1. The quantitative estimate of drug-likeness (QED) is 0.371. The van der Waals surface area contributed by atoms with E-state index < -0.39 is 0 Å². The Morgan fingerprint density at radius 2 is 2.19 bits per heavy atom. The van der Waals surface area contributed by atoms with E-state index >= 15 is 0 Å². The summed E-state index contributed by atoms with van der Waals surface area (Å²) in [5.74, 6) is 2.01. The van der Waals surface area contributed by atoms with Crippen molar-refractivity contribution >= 4 is 39.1 Å². The number of hydrogen-bond acceptors (Lipinski definition) is 7. The first-order valence-corrected chi connectivity index (χ1v) is 11.2. The minimum absolute atomic E-state index is 0.0933. The van der Waals surface area contributed by atoms with Gasteiger partial charge >= 0.3 is 0 Å². The zero-order chi connectivity index (χ0) is 18.6. The van der Waals surface area contributed by atoms with Crippen LogP contribution in [0.1, 0.15) is 50.5 Å². The largest absolute Gasteiger partial charge is 0.385 e. The second-order valence-electron chi connectivity index (χ2n) is 6.93. The van der Waals surface area contributed by atoms with Crippen LogP contribution < -0.4 is 5.32 Å². The molecule has 0 aromatic carbocycles. The van der Waals surface area contributed by atoms with Crippen molar-refractivity contribution in [2.45, 2.75) is 63.8 Å². The third kappa shape index (κ3) is 4.32. The maximum Gasteiger partial charge on any atom is 0.190 e. The zero-order valence-electron chi connectivity index (χ0n) is 16.2. The number of ether oxygens (including phenoxy) is 2. The highest BCUT2D eigenvalue weighted by molar-refractivity contribution is 7.99. The number of fused-ring (bicyclic) bond motifs is 3. The molecule has 0 unspecified atom stereocenters. The SMILES string of the molecule is CCCSc1nc(NCCCOC)c2c3c(sc2n1)CO[C@](C)(CC)C3.